The van der Waals surface area contributed by atoms with Crippen LogP contribution < -0.4 is 11.1 Å². The Balaban J connectivity index is 2.32. The first-order valence-electron chi connectivity index (χ1n) is 5.31. The summed E-state index contributed by atoms with van der Waals surface area (Å²) in [5, 5.41) is 5.28. The maximum atomic E-state index is 5.73. The highest BCUT2D eigenvalue weighted by Crippen LogP contribution is 2.10. The molecule has 0 aromatic carbocycles. The van der Waals surface area contributed by atoms with E-state index in [1.165, 1.54) is 4.88 Å². The summed E-state index contributed by atoms with van der Waals surface area (Å²) in [5.74, 6) is 0.556. The molecule has 84 valence electrons. The molecule has 0 saturated carbocycles. The van der Waals surface area contributed by atoms with E-state index < -0.39 is 0 Å². The molecule has 3 N–H and O–H groups in total. The molecular formula is C11H19N3S. The van der Waals surface area contributed by atoms with Crippen LogP contribution in [0.4, 0.5) is 0 Å². The Morgan fingerprint density at radius 3 is 3.07 bits per heavy atom. The molecule has 0 amide bonds. The molecule has 3 nitrogen and oxygen atoms in total. The molecule has 1 aromatic rings. The average Bonchev–Trinajstić information content (AvgIpc) is 2.67. The Labute approximate surface area is 95.4 Å². The van der Waals surface area contributed by atoms with Crippen molar-refractivity contribution in [3.8, 4) is 0 Å². The van der Waals surface area contributed by atoms with E-state index in [1.807, 2.05) is 0 Å². The van der Waals surface area contributed by atoms with E-state index in [4.69, 9.17) is 5.73 Å². The van der Waals surface area contributed by atoms with Crippen LogP contribution in [0.15, 0.2) is 22.5 Å². The molecule has 0 aliphatic rings. The molecule has 0 fully saturated rings. The van der Waals surface area contributed by atoms with Crippen LogP contribution in [0.2, 0.25) is 0 Å². The fourth-order valence-electron chi connectivity index (χ4n) is 1.31. The number of hydrogen-bond donors (Lipinski definition) is 2. The summed E-state index contributed by atoms with van der Waals surface area (Å²) in [6.07, 6.45) is 2.03. The number of nitrogens with two attached hydrogens (primary N) is 1. The minimum absolute atomic E-state index is 0.337. The third kappa shape index (κ3) is 4.83. The van der Waals surface area contributed by atoms with Gasteiger partial charge >= 0.3 is 0 Å². The lowest BCUT2D eigenvalue weighted by molar-refractivity contribution is 0.659. The fourth-order valence-corrected chi connectivity index (χ4v) is 2.15. The van der Waals surface area contributed by atoms with Crippen molar-refractivity contribution >= 4 is 17.3 Å². The Morgan fingerprint density at radius 2 is 2.47 bits per heavy atom. The molecule has 0 aliphatic carbocycles. The molecule has 4 heteroatoms. The van der Waals surface area contributed by atoms with Crippen LogP contribution in [-0.2, 0) is 6.42 Å². The number of thiophene rings is 1. The summed E-state index contributed by atoms with van der Waals surface area (Å²) in [5.41, 5.74) is 5.73. The van der Waals surface area contributed by atoms with Gasteiger partial charge in [0.25, 0.3) is 0 Å². The molecule has 1 heterocycles. The van der Waals surface area contributed by atoms with Crippen LogP contribution in [0.5, 0.6) is 0 Å². The fraction of sp³-hybridized carbons (Fsp3) is 0.545. The number of nitrogens with zero attached hydrogens (tertiary/aromatic N) is 1. The van der Waals surface area contributed by atoms with E-state index in [-0.39, 0.29) is 0 Å². The van der Waals surface area contributed by atoms with Crippen molar-refractivity contribution in [3.63, 3.8) is 0 Å². The van der Waals surface area contributed by atoms with Crippen LogP contribution in [-0.4, -0.2) is 18.5 Å². The minimum Gasteiger partial charge on any atom is -0.370 e. The number of aliphatic imine (C=N–C) groups is 1. The zero-order valence-corrected chi connectivity index (χ0v) is 10.2. The van der Waals surface area contributed by atoms with E-state index in [0.717, 1.165) is 19.4 Å². The van der Waals surface area contributed by atoms with E-state index in [0.29, 0.717) is 12.0 Å². The molecule has 1 atom stereocenters. The van der Waals surface area contributed by atoms with Gasteiger partial charge in [-0.1, -0.05) is 13.0 Å². The molecule has 0 aliphatic heterocycles. The van der Waals surface area contributed by atoms with Gasteiger partial charge in [0.15, 0.2) is 5.96 Å². The normalized spacial score (nSPS) is 13.9. The van der Waals surface area contributed by atoms with Crippen LogP contribution in [0.25, 0.3) is 0 Å². The first-order chi connectivity index (χ1) is 7.22. The molecule has 0 radical (unpaired) electrons. The smallest absolute Gasteiger partial charge is 0.188 e. The summed E-state index contributed by atoms with van der Waals surface area (Å²) in [6, 6.07) is 4.55. The summed E-state index contributed by atoms with van der Waals surface area (Å²) in [7, 11) is 0. The molecule has 15 heavy (non-hydrogen) atoms. The van der Waals surface area contributed by atoms with E-state index in [9.17, 15) is 0 Å². The molecule has 0 bridgehead atoms. The highest BCUT2D eigenvalue weighted by molar-refractivity contribution is 7.09. The number of hydrogen-bond acceptors (Lipinski definition) is 2. The third-order valence-electron chi connectivity index (χ3n) is 1.99. The van der Waals surface area contributed by atoms with Crippen LogP contribution in [0.1, 0.15) is 25.1 Å². The van der Waals surface area contributed by atoms with Gasteiger partial charge in [0, 0.05) is 23.9 Å². The maximum absolute atomic E-state index is 5.73. The van der Waals surface area contributed by atoms with Gasteiger partial charge in [-0.3, -0.25) is 4.99 Å². The van der Waals surface area contributed by atoms with Gasteiger partial charge in [0.1, 0.15) is 0 Å². The molecule has 1 unspecified atom stereocenters. The number of guanidine groups is 1. The zero-order chi connectivity index (χ0) is 11.1. The van der Waals surface area contributed by atoms with Crippen molar-refractivity contribution in [3.05, 3.63) is 22.4 Å². The Morgan fingerprint density at radius 1 is 1.67 bits per heavy atom. The zero-order valence-electron chi connectivity index (χ0n) is 9.36. The number of nitrogens with one attached hydrogen (secondary N) is 1. The van der Waals surface area contributed by atoms with Gasteiger partial charge in [0.2, 0.25) is 0 Å². The van der Waals surface area contributed by atoms with Gasteiger partial charge in [-0.15, -0.1) is 11.3 Å². The van der Waals surface area contributed by atoms with Gasteiger partial charge in [-0.05, 0) is 24.8 Å². The predicted octanol–water partition coefficient (Wildman–Crippen LogP) is 1.99. The van der Waals surface area contributed by atoms with Crippen molar-refractivity contribution < 1.29 is 0 Å². The predicted molar refractivity (Wildman–Crippen MR) is 67.4 cm³/mol. The second-order valence-electron chi connectivity index (χ2n) is 3.60. The van der Waals surface area contributed by atoms with Gasteiger partial charge < -0.3 is 11.1 Å². The molecule has 0 saturated heterocycles. The first kappa shape index (κ1) is 12.0. The van der Waals surface area contributed by atoms with Crippen LogP contribution in [0, 0.1) is 0 Å². The van der Waals surface area contributed by atoms with Crippen molar-refractivity contribution in [1.82, 2.24) is 5.32 Å². The molecule has 1 aromatic heterocycles. The summed E-state index contributed by atoms with van der Waals surface area (Å²) >= 11 is 1.78. The highest BCUT2D eigenvalue weighted by atomic mass is 32.1. The van der Waals surface area contributed by atoms with Gasteiger partial charge in [0.05, 0.1) is 0 Å². The summed E-state index contributed by atoms with van der Waals surface area (Å²) in [6.45, 7) is 5.00. The molecule has 1 rings (SSSR count). The lowest BCUT2D eigenvalue weighted by atomic mass is 10.2. The second kappa shape index (κ2) is 6.45. The average molecular weight is 225 g/mol. The Hall–Kier alpha value is -1.03. The van der Waals surface area contributed by atoms with Gasteiger partial charge in [-0.2, -0.15) is 0 Å². The van der Waals surface area contributed by atoms with Crippen molar-refractivity contribution in [1.29, 1.82) is 0 Å². The minimum atomic E-state index is 0.337. The molecule has 0 spiro atoms. The van der Waals surface area contributed by atoms with Crippen molar-refractivity contribution in [2.24, 2.45) is 10.7 Å². The lowest BCUT2D eigenvalue weighted by Gasteiger charge is -2.13. The third-order valence-corrected chi connectivity index (χ3v) is 2.89. The van der Waals surface area contributed by atoms with Crippen molar-refractivity contribution in [2.75, 3.05) is 6.54 Å². The topological polar surface area (TPSA) is 50.4 Å². The SMILES string of the molecule is CCCN=C(N)NC(C)Cc1cccs1. The summed E-state index contributed by atoms with van der Waals surface area (Å²) < 4.78 is 0. The largest absolute Gasteiger partial charge is 0.370 e. The van der Waals surface area contributed by atoms with Gasteiger partial charge in [-0.25, -0.2) is 0 Å². The highest BCUT2D eigenvalue weighted by Gasteiger charge is 2.04. The van der Waals surface area contributed by atoms with Crippen molar-refractivity contribution in [2.45, 2.75) is 32.7 Å². The lowest BCUT2D eigenvalue weighted by Crippen LogP contribution is -2.39. The maximum Gasteiger partial charge on any atom is 0.188 e. The first-order valence-corrected chi connectivity index (χ1v) is 6.19. The quantitative estimate of drug-likeness (QED) is 0.595. The van der Waals surface area contributed by atoms with Crippen LogP contribution >= 0.6 is 11.3 Å². The standard InChI is InChI=1S/C11H19N3S/c1-3-6-13-11(12)14-9(2)8-10-5-4-7-15-10/h4-5,7,9H,3,6,8H2,1-2H3,(H3,12,13,14). The molecular weight excluding hydrogens is 206 g/mol. The monoisotopic (exact) mass is 225 g/mol. The van der Waals surface area contributed by atoms with E-state index in [2.05, 4.69) is 41.7 Å². The Kier molecular flexibility index (Phi) is 5.18. The Bertz CT molecular complexity index is 293. The number of rotatable bonds is 5. The second-order valence-corrected chi connectivity index (χ2v) is 4.63. The van der Waals surface area contributed by atoms with E-state index in [1.54, 1.807) is 11.3 Å². The summed E-state index contributed by atoms with van der Waals surface area (Å²) in [4.78, 5) is 5.57. The van der Waals surface area contributed by atoms with E-state index >= 15 is 0 Å². The van der Waals surface area contributed by atoms with Crippen LogP contribution in [0.3, 0.4) is 0 Å².